The number of esters is 2. The Morgan fingerprint density at radius 3 is 2.36 bits per heavy atom. The van der Waals surface area contributed by atoms with Gasteiger partial charge < -0.3 is 24.1 Å². The predicted octanol–water partition coefficient (Wildman–Crippen LogP) is 1.49. The summed E-state index contributed by atoms with van der Waals surface area (Å²) in [5, 5.41) is 11.0. The number of aliphatic hydroxyl groups is 1. The first-order valence-corrected chi connectivity index (χ1v) is 8.26. The van der Waals surface area contributed by atoms with Crippen LogP contribution in [0.1, 0.15) is 37.4 Å². The van der Waals surface area contributed by atoms with E-state index in [4.69, 9.17) is 18.9 Å². The van der Waals surface area contributed by atoms with Crippen molar-refractivity contribution in [1.29, 1.82) is 0 Å². The summed E-state index contributed by atoms with van der Waals surface area (Å²) in [5.74, 6) is -2.75. The molecule has 0 unspecified atom stereocenters. The number of carbonyl (C=O) groups excluding carboxylic acids is 2. The zero-order chi connectivity index (χ0) is 18.1. The highest BCUT2D eigenvalue weighted by Crippen LogP contribution is 2.51. The van der Waals surface area contributed by atoms with Gasteiger partial charge in [0.25, 0.3) is 0 Å². The van der Waals surface area contributed by atoms with Gasteiger partial charge in [0.15, 0.2) is 5.79 Å². The van der Waals surface area contributed by atoms with Gasteiger partial charge in [-0.1, -0.05) is 30.3 Å². The van der Waals surface area contributed by atoms with Crippen LogP contribution in [0.5, 0.6) is 0 Å². The van der Waals surface area contributed by atoms with Crippen molar-refractivity contribution in [2.75, 3.05) is 14.2 Å². The van der Waals surface area contributed by atoms with Gasteiger partial charge in [-0.2, -0.15) is 0 Å². The van der Waals surface area contributed by atoms with Crippen molar-refractivity contribution in [3.8, 4) is 0 Å². The van der Waals surface area contributed by atoms with E-state index in [0.29, 0.717) is 18.4 Å². The molecular formula is C18H22O7. The molecule has 1 spiro atoms. The van der Waals surface area contributed by atoms with E-state index >= 15 is 0 Å². The van der Waals surface area contributed by atoms with Gasteiger partial charge in [-0.15, -0.1) is 0 Å². The molecule has 25 heavy (non-hydrogen) atoms. The van der Waals surface area contributed by atoms with Crippen LogP contribution in [0.15, 0.2) is 30.3 Å². The minimum absolute atomic E-state index is 0.417. The summed E-state index contributed by atoms with van der Waals surface area (Å²) in [6.45, 7) is 0. The average Bonchev–Trinajstić information content (AvgIpc) is 3.26. The lowest BCUT2D eigenvalue weighted by molar-refractivity contribution is -0.216. The molecule has 0 aromatic heterocycles. The summed E-state index contributed by atoms with van der Waals surface area (Å²) in [4.78, 5) is 25.1. The van der Waals surface area contributed by atoms with Gasteiger partial charge in [-0.05, 0) is 18.4 Å². The summed E-state index contributed by atoms with van der Waals surface area (Å²) in [7, 11) is 2.38. The molecule has 3 rings (SSSR count). The number of rotatable bonds is 4. The van der Waals surface area contributed by atoms with Crippen LogP contribution in [0.2, 0.25) is 0 Å². The molecule has 0 radical (unpaired) electrons. The molecular weight excluding hydrogens is 328 g/mol. The Labute approximate surface area is 145 Å². The highest BCUT2D eigenvalue weighted by molar-refractivity contribution is 5.91. The molecule has 7 heteroatoms. The first-order chi connectivity index (χ1) is 12.0. The maximum absolute atomic E-state index is 12.7. The molecule has 3 atom stereocenters. The van der Waals surface area contributed by atoms with Crippen molar-refractivity contribution < 1.29 is 33.6 Å². The molecule has 1 aromatic rings. The van der Waals surface area contributed by atoms with Crippen LogP contribution >= 0.6 is 0 Å². The van der Waals surface area contributed by atoms with Gasteiger partial charge in [0.2, 0.25) is 11.7 Å². The second-order valence-electron chi connectivity index (χ2n) is 6.34. The molecule has 1 saturated heterocycles. The van der Waals surface area contributed by atoms with Crippen LogP contribution in [0.25, 0.3) is 0 Å². The largest absolute Gasteiger partial charge is 0.467 e. The minimum Gasteiger partial charge on any atom is -0.467 e. The van der Waals surface area contributed by atoms with Crippen molar-refractivity contribution in [3.05, 3.63) is 35.9 Å². The van der Waals surface area contributed by atoms with E-state index < -0.39 is 35.5 Å². The lowest BCUT2D eigenvalue weighted by atomic mass is 9.85. The van der Waals surface area contributed by atoms with E-state index in [2.05, 4.69) is 0 Å². The van der Waals surface area contributed by atoms with Gasteiger partial charge in [0.05, 0.1) is 14.2 Å². The van der Waals surface area contributed by atoms with Crippen LogP contribution in [0.3, 0.4) is 0 Å². The van der Waals surface area contributed by atoms with Gasteiger partial charge in [0.1, 0.15) is 6.10 Å². The summed E-state index contributed by atoms with van der Waals surface area (Å²) >= 11 is 0. The van der Waals surface area contributed by atoms with E-state index in [1.54, 1.807) is 30.3 Å². The van der Waals surface area contributed by atoms with E-state index in [9.17, 15) is 14.7 Å². The quantitative estimate of drug-likeness (QED) is 0.823. The number of methoxy groups -OCH3 is 2. The summed E-state index contributed by atoms with van der Waals surface area (Å²) in [6, 6.07) is 8.51. The number of carbonyl (C=O) groups is 2. The number of benzene rings is 1. The molecule has 1 saturated carbocycles. The maximum atomic E-state index is 12.7. The van der Waals surface area contributed by atoms with E-state index in [1.165, 1.54) is 14.2 Å². The zero-order valence-corrected chi connectivity index (χ0v) is 14.3. The number of ether oxygens (including phenoxy) is 4. The van der Waals surface area contributed by atoms with Crippen LogP contribution in [-0.4, -0.2) is 48.8 Å². The third-order valence-electron chi connectivity index (χ3n) is 4.88. The van der Waals surface area contributed by atoms with Gasteiger partial charge in [0, 0.05) is 12.8 Å². The highest BCUT2D eigenvalue weighted by atomic mass is 16.8. The molecule has 2 aliphatic rings. The third-order valence-corrected chi connectivity index (χ3v) is 4.88. The number of hydrogen-bond acceptors (Lipinski definition) is 7. The molecule has 1 aliphatic carbocycles. The predicted molar refractivity (Wildman–Crippen MR) is 85.3 cm³/mol. The second kappa shape index (κ2) is 6.74. The molecule has 1 aliphatic heterocycles. The van der Waals surface area contributed by atoms with Gasteiger partial charge >= 0.3 is 11.9 Å². The first-order valence-electron chi connectivity index (χ1n) is 8.26. The Hall–Kier alpha value is -1.96. The Morgan fingerprint density at radius 2 is 1.80 bits per heavy atom. The van der Waals surface area contributed by atoms with Crippen LogP contribution < -0.4 is 0 Å². The van der Waals surface area contributed by atoms with Crippen molar-refractivity contribution >= 4 is 11.9 Å². The van der Waals surface area contributed by atoms with Crippen molar-refractivity contribution in [2.24, 2.45) is 0 Å². The average molecular weight is 350 g/mol. The van der Waals surface area contributed by atoms with Crippen LogP contribution in [0, 0.1) is 0 Å². The monoisotopic (exact) mass is 350 g/mol. The smallest absolute Gasteiger partial charge is 0.344 e. The Kier molecular flexibility index (Phi) is 4.81. The minimum atomic E-state index is -2.02. The topological polar surface area (TPSA) is 91.3 Å². The maximum Gasteiger partial charge on any atom is 0.344 e. The Morgan fingerprint density at radius 1 is 1.16 bits per heavy atom. The molecule has 1 N–H and O–H groups in total. The molecule has 7 nitrogen and oxygen atoms in total. The normalized spacial score (nSPS) is 28.7. The summed E-state index contributed by atoms with van der Waals surface area (Å²) in [5.41, 5.74) is -1.60. The van der Waals surface area contributed by atoms with Crippen LogP contribution in [0.4, 0.5) is 0 Å². The number of hydrogen-bond donors (Lipinski definition) is 1. The molecule has 2 fully saturated rings. The van der Waals surface area contributed by atoms with Crippen LogP contribution in [-0.2, 0) is 28.5 Å². The van der Waals surface area contributed by atoms with Crippen molar-refractivity contribution in [3.63, 3.8) is 0 Å². The molecule has 0 bridgehead atoms. The second-order valence-corrected chi connectivity index (χ2v) is 6.34. The molecule has 1 heterocycles. The Balaban J connectivity index is 2.10. The fourth-order valence-corrected chi connectivity index (χ4v) is 3.65. The van der Waals surface area contributed by atoms with Gasteiger partial charge in [-0.25, -0.2) is 9.59 Å². The fraction of sp³-hybridized carbons (Fsp3) is 0.556. The van der Waals surface area contributed by atoms with E-state index in [-0.39, 0.29) is 0 Å². The standard InChI is InChI=1S/C18H22O7/c1-22-15(20)14-18(16(21)23-2,13(19)12-8-4-3-5-9-12)25-17(24-14)10-6-7-11-17/h3-5,8-9,13-14,19H,6-7,10-11H2,1-2H3/t13-,14-,18-/m1/s1. The lowest BCUT2D eigenvalue weighted by Gasteiger charge is -2.34. The fourth-order valence-electron chi connectivity index (χ4n) is 3.65. The summed E-state index contributed by atoms with van der Waals surface area (Å²) < 4.78 is 21.6. The van der Waals surface area contributed by atoms with E-state index in [1.807, 2.05) is 0 Å². The Bertz CT molecular complexity index is 638. The SMILES string of the molecule is COC(=O)[C@H]1OC2(CCCC2)O[C@]1(C(=O)OC)[C@H](O)c1ccccc1. The first kappa shape index (κ1) is 17.8. The van der Waals surface area contributed by atoms with Gasteiger partial charge in [-0.3, -0.25) is 0 Å². The number of aliphatic hydroxyl groups excluding tert-OH is 1. The molecule has 136 valence electrons. The molecule has 0 amide bonds. The van der Waals surface area contributed by atoms with Crippen molar-refractivity contribution in [1.82, 2.24) is 0 Å². The highest BCUT2D eigenvalue weighted by Gasteiger charge is 2.69. The summed E-state index contributed by atoms with van der Waals surface area (Å²) in [6.07, 6.45) is -0.135. The van der Waals surface area contributed by atoms with Crippen molar-refractivity contribution in [2.45, 2.75) is 49.3 Å². The zero-order valence-electron chi connectivity index (χ0n) is 14.3. The lowest BCUT2D eigenvalue weighted by Crippen LogP contribution is -2.56. The molecule has 1 aromatic carbocycles. The van der Waals surface area contributed by atoms with E-state index in [0.717, 1.165) is 12.8 Å². The third kappa shape index (κ3) is 2.82.